The first kappa shape index (κ1) is 17.6. The molecule has 4 aromatic rings. The summed E-state index contributed by atoms with van der Waals surface area (Å²) < 4.78 is 19.0. The molecule has 0 saturated heterocycles. The van der Waals surface area contributed by atoms with Crippen LogP contribution in [0.5, 0.6) is 5.75 Å². The van der Waals surface area contributed by atoms with Crippen LogP contribution in [0.15, 0.2) is 55.0 Å². The van der Waals surface area contributed by atoms with Gasteiger partial charge in [-0.25, -0.2) is 14.4 Å². The number of benzene rings is 1. The lowest BCUT2D eigenvalue weighted by Gasteiger charge is -2.10. The lowest BCUT2D eigenvalue weighted by Crippen LogP contribution is -2.14. The monoisotopic (exact) mass is 377 g/mol. The summed E-state index contributed by atoms with van der Waals surface area (Å²) in [7, 11) is 0. The zero-order chi connectivity index (χ0) is 19.5. The average Bonchev–Trinajstić information content (AvgIpc) is 3.14. The molecule has 1 amide bonds. The number of imidazole rings is 1. The Morgan fingerprint density at radius 1 is 1.25 bits per heavy atom. The topological polar surface area (TPSA) is 92.8 Å². The highest BCUT2D eigenvalue weighted by atomic mass is 19.1. The van der Waals surface area contributed by atoms with Crippen molar-refractivity contribution in [1.29, 1.82) is 0 Å². The third-order valence-corrected chi connectivity index (χ3v) is 4.06. The van der Waals surface area contributed by atoms with Gasteiger partial charge in [0.1, 0.15) is 28.6 Å². The second-order valence-corrected chi connectivity index (χ2v) is 5.91. The van der Waals surface area contributed by atoms with Crippen LogP contribution < -0.4 is 10.1 Å². The first-order valence-electron chi connectivity index (χ1n) is 8.64. The molecule has 4 rings (SSSR count). The number of pyridine rings is 2. The van der Waals surface area contributed by atoms with Gasteiger partial charge in [0, 0.05) is 24.0 Å². The minimum absolute atomic E-state index is 0.329. The van der Waals surface area contributed by atoms with Gasteiger partial charge in [0.2, 0.25) is 0 Å². The number of ether oxygens (including phenoxy) is 1. The van der Waals surface area contributed by atoms with Crippen molar-refractivity contribution in [1.82, 2.24) is 19.9 Å². The lowest BCUT2D eigenvalue weighted by atomic mass is 10.2. The van der Waals surface area contributed by atoms with Gasteiger partial charge >= 0.3 is 0 Å². The van der Waals surface area contributed by atoms with Crippen LogP contribution in [-0.4, -0.2) is 32.4 Å². The van der Waals surface area contributed by atoms with Gasteiger partial charge in [0.15, 0.2) is 5.65 Å². The SMILES string of the molecule is CCOc1ccncc1NC(=O)c1ccnc2[nH]c(-c3cccc(F)c3)nc12. The van der Waals surface area contributed by atoms with Crippen LogP contribution in [0.2, 0.25) is 0 Å². The maximum atomic E-state index is 13.5. The van der Waals surface area contributed by atoms with Crippen molar-refractivity contribution < 1.29 is 13.9 Å². The van der Waals surface area contributed by atoms with Gasteiger partial charge in [-0.2, -0.15) is 0 Å². The molecular formula is C20H16FN5O2. The smallest absolute Gasteiger partial charge is 0.258 e. The first-order valence-corrected chi connectivity index (χ1v) is 8.64. The molecule has 1 aromatic carbocycles. The standard InChI is InChI=1S/C20H16FN5O2/c1-2-28-16-7-8-22-11-15(16)24-20(27)14-6-9-23-19-17(14)25-18(26-19)12-4-3-5-13(21)10-12/h3-11H,2H2,1H3,(H,24,27)(H,23,25,26). The number of nitrogens with one attached hydrogen (secondary N) is 2. The van der Waals surface area contributed by atoms with Gasteiger partial charge in [0.25, 0.3) is 5.91 Å². The number of hydrogen-bond acceptors (Lipinski definition) is 5. The molecule has 0 bridgehead atoms. The third kappa shape index (κ3) is 3.39. The van der Waals surface area contributed by atoms with E-state index in [9.17, 15) is 9.18 Å². The molecule has 0 aliphatic heterocycles. The van der Waals surface area contributed by atoms with Gasteiger partial charge in [-0.3, -0.25) is 9.78 Å². The zero-order valence-electron chi connectivity index (χ0n) is 14.9. The summed E-state index contributed by atoms with van der Waals surface area (Å²) in [6, 6.07) is 9.29. The molecule has 0 fully saturated rings. The number of rotatable bonds is 5. The fraction of sp³-hybridized carbons (Fsp3) is 0.100. The normalized spacial score (nSPS) is 10.8. The van der Waals surface area contributed by atoms with Crippen LogP contribution in [0, 0.1) is 5.82 Å². The Hall–Kier alpha value is -3.81. The number of nitrogens with zero attached hydrogens (tertiary/aromatic N) is 3. The molecule has 0 atom stereocenters. The molecule has 3 heterocycles. The molecule has 7 nitrogen and oxygen atoms in total. The molecule has 0 saturated carbocycles. The van der Waals surface area contributed by atoms with E-state index in [1.54, 1.807) is 30.5 Å². The number of hydrogen-bond donors (Lipinski definition) is 2. The highest BCUT2D eigenvalue weighted by molar-refractivity contribution is 6.11. The van der Waals surface area contributed by atoms with Crippen LogP contribution >= 0.6 is 0 Å². The van der Waals surface area contributed by atoms with Gasteiger partial charge in [-0.1, -0.05) is 12.1 Å². The van der Waals surface area contributed by atoms with E-state index in [1.165, 1.54) is 24.5 Å². The predicted molar refractivity (Wildman–Crippen MR) is 103 cm³/mol. The van der Waals surface area contributed by atoms with E-state index >= 15 is 0 Å². The summed E-state index contributed by atoms with van der Waals surface area (Å²) in [6.45, 7) is 2.32. The summed E-state index contributed by atoms with van der Waals surface area (Å²) in [6.07, 6.45) is 4.62. The Morgan fingerprint density at radius 3 is 2.96 bits per heavy atom. The Labute approximate surface area is 159 Å². The number of aromatic amines is 1. The largest absolute Gasteiger partial charge is 0.492 e. The second-order valence-electron chi connectivity index (χ2n) is 5.91. The summed E-state index contributed by atoms with van der Waals surface area (Å²) in [4.78, 5) is 28.6. The molecule has 3 aromatic heterocycles. The minimum atomic E-state index is -0.376. The molecule has 2 N–H and O–H groups in total. The molecule has 0 aliphatic rings. The maximum Gasteiger partial charge on any atom is 0.258 e. The van der Waals surface area contributed by atoms with Crippen molar-refractivity contribution in [2.45, 2.75) is 6.92 Å². The Bertz CT molecular complexity index is 1160. The number of fused-ring (bicyclic) bond motifs is 1. The van der Waals surface area contributed by atoms with Crippen molar-refractivity contribution in [3.63, 3.8) is 0 Å². The van der Waals surface area contributed by atoms with Crippen LogP contribution in [-0.2, 0) is 0 Å². The molecule has 8 heteroatoms. The van der Waals surface area contributed by atoms with E-state index in [1.807, 2.05) is 6.92 Å². The average molecular weight is 377 g/mol. The highest BCUT2D eigenvalue weighted by Gasteiger charge is 2.17. The Kier molecular flexibility index (Phi) is 4.67. The van der Waals surface area contributed by atoms with Gasteiger partial charge < -0.3 is 15.0 Å². The van der Waals surface area contributed by atoms with E-state index in [0.29, 0.717) is 46.2 Å². The third-order valence-electron chi connectivity index (χ3n) is 4.06. The van der Waals surface area contributed by atoms with E-state index in [0.717, 1.165) is 0 Å². The summed E-state index contributed by atoms with van der Waals surface area (Å²) >= 11 is 0. The molecule has 0 spiro atoms. The number of carbonyl (C=O) groups is 1. The minimum Gasteiger partial charge on any atom is -0.492 e. The van der Waals surface area contributed by atoms with Crippen LogP contribution in [0.3, 0.4) is 0 Å². The molecule has 28 heavy (non-hydrogen) atoms. The number of anilines is 1. The molecule has 140 valence electrons. The number of H-pyrrole nitrogens is 1. The first-order chi connectivity index (χ1) is 13.7. The number of carbonyl (C=O) groups excluding carboxylic acids is 1. The van der Waals surface area contributed by atoms with Gasteiger partial charge in [-0.15, -0.1) is 0 Å². The molecule has 0 radical (unpaired) electrons. The van der Waals surface area contributed by atoms with Crippen LogP contribution in [0.4, 0.5) is 10.1 Å². The molecule has 0 aliphatic carbocycles. The summed E-state index contributed by atoms with van der Waals surface area (Å²) in [5.41, 5.74) is 2.18. The predicted octanol–water partition coefficient (Wildman–Crippen LogP) is 3.81. The number of amides is 1. The lowest BCUT2D eigenvalue weighted by molar-refractivity contribution is 0.102. The van der Waals surface area contributed by atoms with Crippen molar-refractivity contribution in [2.75, 3.05) is 11.9 Å². The Morgan fingerprint density at radius 2 is 2.14 bits per heavy atom. The summed E-state index contributed by atoms with van der Waals surface area (Å²) in [5, 5.41) is 2.79. The van der Waals surface area contributed by atoms with Gasteiger partial charge in [0.05, 0.1) is 18.4 Å². The zero-order valence-corrected chi connectivity index (χ0v) is 14.9. The number of halogens is 1. The maximum absolute atomic E-state index is 13.5. The van der Waals surface area contributed by atoms with Crippen molar-refractivity contribution in [2.24, 2.45) is 0 Å². The van der Waals surface area contributed by atoms with Crippen molar-refractivity contribution in [3.05, 3.63) is 66.4 Å². The van der Waals surface area contributed by atoms with Crippen LogP contribution in [0.25, 0.3) is 22.6 Å². The quantitative estimate of drug-likeness (QED) is 0.552. The summed E-state index contributed by atoms with van der Waals surface area (Å²) in [5.74, 6) is 0.208. The molecule has 0 unspecified atom stereocenters. The fourth-order valence-electron chi connectivity index (χ4n) is 2.81. The molecular weight excluding hydrogens is 361 g/mol. The van der Waals surface area contributed by atoms with E-state index in [4.69, 9.17) is 4.74 Å². The van der Waals surface area contributed by atoms with E-state index in [-0.39, 0.29) is 11.7 Å². The van der Waals surface area contributed by atoms with E-state index in [2.05, 4.69) is 25.3 Å². The van der Waals surface area contributed by atoms with Gasteiger partial charge in [-0.05, 0) is 25.1 Å². The van der Waals surface area contributed by atoms with E-state index < -0.39 is 0 Å². The number of aromatic nitrogens is 4. The van der Waals surface area contributed by atoms with Crippen LogP contribution in [0.1, 0.15) is 17.3 Å². The Balaban J connectivity index is 1.70. The highest BCUT2D eigenvalue weighted by Crippen LogP contribution is 2.25. The fourth-order valence-corrected chi connectivity index (χ4v) is 2.81. The second kappa shape index (κ2) is 7.43. The van der Waals surface area contributed by atoms with Crippen molar-refractivity contribution in [3.8, 4) is 17.1 Å². The van der Waals surface area contributed by atoms with Crippen molar-refractivity contribution >= 4 is 22.8 Å².